The Morgan fingerprint density at radius 2 is 2.18 bits per heavy atom. The molecule has 0 saturated carbocycles. The molecule has 6 nitrogen and oxygen atoms in total. The van der Waals surface area contributed by atoms with Gasteiger partial charge in [-0.15, -0.1) is 10.2 Å². The average Bonchev–Trinajstić information content (AvgIpc) is 2.38. The molecule has 0 aliphatic heterocycles. The number of methoxy groups -OCH3 is 1. The maximum atomic E-state index is 5.45. The summed E-state index contributed by atoms with van der Waals surface area (Å²) < 4.78 is 5.04. The number of aromatic nitrogens is 3. The number of nitrogens with zero attached hydrogens (tertiary/aromatic N) is 3. The monoisotopic (exact) mass is 231 g/mol. The molecule has 2 aromatic heterocycles. The van der Waals surface area contributed by atoms with Gasteiger partial charge in [-0.1, -0.05) is 0 Å². The maximum absolute atomic E-state index is 5.45. The van der Waals surface area contributed by atoms with Crippen molar-refractivity contribution >= 4 is 11.6 Å². The molecule has 0 aliphatic rings. The molecule has 0 fully saturated rings. The van der Waals surface area contributed by atoms with Gasteiger partial charge in [0.15, 0.2) is 0 Å². The van der Waals surface area contributed by atoms with E-state index in [9.17, 15) is 0 Å². The van der Waals surface area contributed by atoms with E-state index in [-0.39, 0.29) is 0 Å². The van der Waals surface area contributed by atoms with Crippen LogP contribution < -0.4 is 15.8 Å². The number of hydrogen-bond donors (Lipinski definition) is 2. The average molecular weight is 231 g/mol. The first-order chi connectivity index (χ1) is 8.28. The summed E-state index contributed by atoms with van der Waals surface area (Å²) in [6.45, 7) is 0.622. The number of nitrogens with two attached hydrogens (primary N) is 1. The quantitative estimate of drug-likeness (QED) is 0.818. The third-order valence-electron chi connectivity index (χ3n) is 2.17. The predicted molar refractivity (Wildman–Crippen MR) is 64.6 cm³/mol. The Balaban J connectivity index is 1.99. The lowest BCUT2D eigenvalue weighted by Crippen LogP contribution is -2.03. The Kier molecular flexibility index (Phi) is 3.34. The summed E-state index contributed by atoms with van der Waals surface area (Å²) in [5.74, 6) is 1.67. The lowest BCUT2D eigenvalue weighted by Gasteiger charge is -2.06. The van der Waals surface area contributed by atoms with E-state index in [0.717, 1.165) is 5.56 Å². The van der Waals surface area contributed by atoms with Crippen molar-refractivity contribution in [3.63, 3.8) is 0 Å². The Morgan fingerprint density at radius 3 is 2.88 bits per heavy atom. The SMILES string of the molecule is COc1cc(CNc2ccc(N)nn2)ccn1. The van der Waals surface area contributed by atoms with Crippen LogP contribution in [0.5, 0.6) is 5.88 Å². The van der Waals surface area contributed by atoms with Gasteiger partial charge in [0.05, 0.1) is 7.11 Å². The van der Waals surface area contributed by atoms with E-state index < -0.39 is 0 Å². The molecule has 0 radical (unpaired) electrons. The van der Waals surface area contributed by atoms with Crippen molar-refractivity contribution in [2.45, 2.75) is 6.54 Å². The first-order valence-corrected chi connectivity index (χ1v) is 5.10. The van der Waals surface area contributed by atoms with Crippen molar-refractivity contribution in [1.82, 2.24) is 15.2 Å². The zero-order chi connectivity index (χ0) is 12.1. The second-order valence-electron chi connectivity index (χ2n) is 3.40. The third-order valence-corrected chi connectivity index (χ3v) is 2.17. The van der Waals surface area contributed by atoms with E-state index in [4.69, 9.17) is 10.5 Å². The molecule has 2 rings (SSSR count). The van der Waals surface area contributed by atoms with E-state index >= 15 is 0 Å². The molecule has 0 amide bonds. The topological polar surface area (TPSA) is 86.0 Å². The smallest absolute Gasteiger partial charge is 0.213 e. The minimum absolute atomic E-state index is 0.404. The number of rotatable bonds is 4. The molecule has 3 N–H and O–H groups in total. The van der Waals surface area contributed by atoms with Crippen LogP contribution in [0, 0.1) is 0 Å². The molecule has 2 aromatic rings. The number of nitrogens with one attached hydrogen (secondary N) is 1. The fourth-order valence-corrected chi connectivity index (χ4v) is 1.30. The number of ether oxygens (including phenoxy) is 1. The molecule has 0 unspecified atom stereocenters. The van der Waals surface area contributed by atoms with E-state index in [1.807, 2.05) is 12.1 Å². The molecule has 17 heavy (non-hydrogen) atoms. The summed E-state index contributed by atoms with van der Waals surface area (Å²) in [7, 11) is 1.59. The Labute approximate surface area is 98.8 Å². The van der Waals surface area contributed by atoms with Gasteiger partial charge in [-0.05, 0) is 23.8 Å². The van der Waals surface area contributed by atoms with E-state index in [1.165, 1.54) is 0 Å². The minimum Gasteiger partial charge on any atom is -0.481 e. The van der Waals surface area contributed by atoms with Gasteiger partial charge in [-0.2, -0.15) is 0 Å². The highest BCUT2D eigenvalue weighted by molar-refractivity contribution is 5.39. The number of pyridine rings is 1. The van der Waals surface area contributed by atoms with Crippen LogP contribution >= 0.6 is 0 Å². The predicted octanol–water partition coefficient (Wildman–Crippen LogP) is 1.07. The van der Waals surface area contributed by atoms with Crippen molar-refractivity contribution in [3.8, 4) is 5.88 Å². The molecular formula is C11H13N5O. The zero-order valence-corrected chi connectivity index (χ0v) is 9.42. The Hall–Kier alpha value is -2.37. The highest BCUT2D eigenvalue weighted by atomic mass is 16.5. The van der Waals surface area contributed by atoms with Crippen LogP contribution in [0.3, 0.4) is 0 Å². The molecule has 88 valence electrons. The maximum Gasteiger partial charge on any atom is 0.213 e. The van der Waals surface area contributed by atoms with Gasteiger partial charge in [0.2, 0.25) is 5.88 Å². The summed E-state index contributed by atoms with van der Waals surface area (Å²) in [5.41, 5.74) is 6.50. The Morgan fingerprint density at radius 1 is 1.29 bits per heavy atom. The fraction of sp³-hybridized carbons (Fsp3) is 0.182. The summed E-state index contributed by atoms with van der Waals surface area (Å²) in [6.07, 6.45) is 1.70. The molecule has 0 atom stereocenters. The Bertz CT molecular complexity index is 485. The van der Waals surface area contributed by atoms with Gasteiger partial charge in [0.25, 0.3) is 0 Å². The van der Waals surface area contributed by atoms with Crippen LogP contribution in [0.15, 0.2) is 30.5 Å². The summed E-state index contributed by atoms with van der Waals surface area (Å²) in [6, 6.07) is 7.24. The second-order valence-corrected chi connectivity index (χ2v) is 3.40. The van der Waals surface area contributed by atoms with Crippen molar-refractivity contribution in [2.24, 2.45) is 0 Å². The van der Waals surface area contributed by atoms with Crippen LogP contribution in [0.1, 0.15) is 5.56 Å². The van der Waals surface area contributed by atoms with Crippen molar-refractivity contribution in [3.05, 3.63) is 36.0 Å². The summed E-state index contributed by atoms with van der Waals surface area (Å²) in [4.78, 5) is 4.03. The van der Waals surface area contributed by atoms with Gasteiger partial charge in [0.1, 0.15) is 11.6 Å². The zero-order valence-electron chi connectivity index (χ0n) is 9.42. The van der Waals surface area contributed by atoms with E-state index in [1.54, 1.807) is 25.4 Å². The molecule has 6 heteroatoms. The van der Waals surface area contributed by atoms with Crippen LogP contribution in [-0.2, 0) is 6.54 Å². The fourth-order valence-electron chi connectivity index (χ4n) is 1.30. The number of anilines is 2. The molecular weight excluding hydrogens is 218 g/mol. The molecule has 0 aliphatic carbocycles. The van der Waals surface area contributed by atoms with Gasteiger partial charge in [0, 0.05) is 18.8 Å². The number of nitrogen functional groups attached to an aromatic ring is 1. The first kappa shape index (κ1) is 11.1. The number of hydrogen-bond acceptors (Lipinski definition) is 6. The second kappa shape index (κ2) is 5.11. The third kappa shape index (κ3) is 3.04. The minimum atomic E-state index is 0.404. The summed E-state index contributed by atoms with van der Waals surface area (Å²) in [5, 5.41) is 10.8. The van der Waals surface area contributed by atoms with E-state index in [0.29, 0.717) is 24.1 Å². The normalized spacial score (nSPS) is 9.94. The summed E-state index contributed by atoms with van der Waals surface area (Å²) >= 11 is 0. The van der Waals surface area contributed by atoms with Gasteiger partial charge >= 0.3 is 0 Å². The van der Waals surface area contributed by atoms with Crippen molar-refractivity contribution < 1.29 is 4.74 Å². The highest BCUT2D eigenvalue weighted by Gasteiger charge is 1.98. The van der Waals surface area contributed by atoms with Crippen LogP contribution in [0.2, 0.25) is 0 Å². The molecule has 0 saturated heterocycles. The van der Waals surface area contributed by atoms with E-state index in [2.05, 4.69) is 20.5 Å². The lowest BCUT2D eigenvalue weighted by molar-refractivity contribution is 0.397. The lowest BCUT2D eigenvalue weighted by atomic mass is 10.2. The first-order valence-electron chi connectivity index (χ1n) is 5.10. The van der Waals surface area contributed by atoms with Crippen molar-refractivity contribution in [1.29, 1.82) is 0 Å². The van der Waals surface area contributed by atoms with Gasteiger partial charge in [-0.3, -0.25) is 0 Å². The van der Waals surface area contributed by atoms with Gasteiger partial charge in [-0.25, -0.2) is 4.98 Å². The largest absolute Gasteiger partial charge is 0.481 e. The van der Waals surface area contributed by atoms with Gasteiger partial charge < -0.3 is 15.8 Å². The van der Waals surface area contributed by atoms with Crippen molar-refractivity contribution in [2.75, 3.05) is 18.2 Å². The molecule has 0 spiro atoms. The van der Waals surface area contributed by atoms with Crippen LogP contribution in [0.4, 0.5) is 11.6 Å². The molecule has 0 bridgehead atoms. The van der Waals surface area contributed by atoms with Crippen LogP contribution in [-0.4, -0.2) is 22.3 Å². The highest BCUT2D eigenvalue weighted by Crippen LogP contribution is 2.10. The standard InChI is InChI=1S/C11H13N5O/c1-17-11-6-8(4-5-13-11)7-14-10-3-2-9(12)15-16-10/h2-6H,7H2,1H3,(H2,12,15)(H,14,16). The molecule has 0 aromatic carbocycles. The molecule has 2 heterocycles. The van der Waals surface area contributed by atoms with Crippen LogP contribution in [0.25, 0.3) is 0 Å².